The molecule has 1 saturated heterocycles. The summed E-state index contributed by atoms with van der Waals surface area (Å²) in [6.45, 7) is 8.06. The highest BCUT2D eigenvalue weighted by molar-refractivity contribution is 7.80. The Hall–Kier alpha value is -2.14. The van der Waals surface area contributed by atoms with E-state index in [4.69, 9.17) is 12.2 Å². The lowest BCUT2D eigenvalue weighted by Crippen LogP contribution is -2.50. The van der Waals surface area contributed by atoms with Crippen molar-refractivity contribution < 1.29 is 4.98 Å². The lowest BCUT2D eigenvalue weighted by Gasteiger charge is -2.37. The van der Waals surface area contributed by atoms with Crippen LogP contribution in [0.5, 0.6) is 0 Å². The zero-order valence-corrected chi connectivity index (χ0v) is 14.5. The number of anilines is 2. The molecule has 1 fully saturated rings. The Bertz CT molecular complexity index is 679. The Labute approximate surface area is 143 Å². The molecule has 0 aliphatic carbocycles. The average molecular weight is 327 g/mol. The van der Waals surface area contributed by atoms with Crippen LogP contribution in [0.3, 0.4) is 0 Å². The summed E-state index contributed by atoms with van der Waals surface area (Å²) in [5, 5.41) is 4.23. The predicted octanol–water partition coefficient (Wildman–Crippen LogP) is 2.64. The second kappa shape index (κ2) is 6.96. The lowest BCUT2D eigenvalue weighted by atomic mass is 10.1. The molecule has 0 bridgehead atoms. The van der Waals surface area contributed by atoms with E-state index in [-0.39, 0.29) is 0 Å². The van der Waals surface area contributed by atoms with E-state index in [1.54, 1.807) is 0 Å². The lowest BCUT2D eigenvalue weighted by molar-refractivity contribution is -0.377. The molecule has 3 rings (SSSR count). The number of nitrogens with one attached hydrogen (secondary N) is 2. The van der Waals surface area contributed by atoms with Gasteiger partial charge in [-0.3, -0.25) is 0 Å². The van der Waals surface area contributed by atoms with Crippen LogP contribution in [-0.4, -0.2) is 36.2 Å². The Morgan fingerprint density at radius 2 is 1.74 bits per heavy atom. The number of piperazine rings is 1. The third kappa shape index (κ3) is 3.79. The van der Waals surface area contributed by atoms with Gasteiger partial charge in [-0.15, -0.1) is 0 Å². The van der Waals surface area contributed by atoms with Crippen LogP contribution in [0.2, 0.25) is 0 Å². The molecule has 1 aromatic carbocycles. The number of rotatable bonds is 2. The van der Waals surface area contributed by atoms with Gasteiger partial charge in [-0.05, 0) is 43.3 Å². The molecule has 1 aliphatic heterocycles. The first-order valence-electron chi connectivity index (χ1n) is 7.98. The summed E-state index contributed by atoms with van der Waals surface area (Å²) in [6.07, 6.45) is 3.93. The van der Waals surface area contributed by atoms with E-state index >= 15 is 0 Å². The molecule has 4 nitrogen and oxygen atoms in total. The van der Waals surface area contributed by atoms with Gasteiger partial charge in [0, 0.05) is 49.7 Å². The number of hydrogen-bond acceptors (Lipinski definition) is 2. The molecule has 0 radical (unpaired) electrons. The van der Waals surface area contributed by atoms with Gasteiger partial charge in [0.25, 0.3) is 0 Å². The maximum absolute atomic E-state index is 5.61. The maximum atomic E-state index is 5.61. The van der Waals surface area contributed by atoms with Crippen LogP contribution in [0.25, 0.3) is 0 Å². The minimum absolute atomic E-state index is 0.819. The Kier molecular flexibility index (Phi) is 4.76. The highest BCUT2D eigenvalue weighted by Crippen LogP contribution is 2.18. The molecule has 2 aromatic rings. The van der Waals surface area contributed by atoms with Crippen molar-refractivity contribution >= 4 is 28.7 Å². The molecule has 0 unspecified atom stereocenters. The van der Waals surface area contributed by atoms with E-state index in [2.05, 4.69) is 64.3 Å². The van der Waals surface area contributed by atoms with E-state index in [0.717, 1.165) is 37.0 Å². The van der Waals surface area contributed by atoms with Gasteiger partial charge in [-0.1, -0.05) is 12.1 Å². The number of benzene rings is 1. The molecule has 0 amide bonds. The van der Waals surface area contributed by atoms with Crippen molar-refractivity contribution in [3.05, 3.63) is 53.9 Å². The fourth-order valence-corrected chi connectivity index (χ4v) is 3.11. The summed E-state index contributed by atoms with van der Waals surface area (Å²) < 4.78 is 0. The van der Waals surface area contributed by atoms with Crippen molar-refractivity contribution in [3.63, 3.8) is 0 Å². The Morgan fingerprint density at radius 1 is 1.04 bits per heavy atom. The van der Waals surface area contributed by atoms with Gasteiger partial charge in [0.05, 0.1) is 0 Å². The number of hydrogen-bond donors (Lipinski definition) is 1. The van der Waals surface area contributed by atoms with Gasteiger partial charge in [-0.25, -0.2) is 4.98 Å². The molecule has 23 heavy (non-hydrogen) atoms. The highest BCUT2D eigenvalue weighted by atomic mass is 32.1. The third-order valence-electron chi connectivity index (χ3n) is 4.27. The van der Waals surface area contributed by atoms with Crippen LogP contribution in [0, 0.1) is 13.8 Å². The quantitative estimate of drug-likeness (QED) is 0.860. The number of pyridine rings is 1. The number of thiocarbonyl (C=S) groups is 1. The van der Waals surface area contributed by atoms with Crippen LogP contribution in [0.15, 0.2) is 42.7 Å². The molecule has 1 aromatic heterocycles. The summed E-state index contributed by atoms with van der Waals surface area (Å²) in [4.78, 5) is 7.71. The van der Waals surface area contributed by atoms with E-state index in [1.165, 1.54) is 16.8 Å². The van der Waals surface area contributed by atoms with Crippen molar-refractivity contribution in [2.75, 3.05) is 36.4 Å². The topological polar surface area (TPSA) is 32.6 Å². The van der Waals surface area contributed by atoms with E-state index in [0.29, 0.717) is 0 Å². The Balaban J connectivity index is 1.59. The second-order valence-corrected chi connectivity index (χ2v) is 6.37. The molecule has 1 aliphatic rings. The zero-order chi connectivity index (χ0) is 16.2. The normalized spacial score (nSPS) is 14.7. The molecule has 120 valence electrons. The molecular formula is C18H23N4S+. The number of nitrogens with zero attached hydrogens (tertiary/aromatic N) is 2. The number of aromatic nitrogens is 1. The smallest absolute Gasteiger partial charge is 0.173 e. The summed E-state index contributed by atoms with van der Waals surface area (Å²) in [7, 11) is 0. The molecule has 0 spiro atoms. The number of aryl methyl sites for hydroxylation is 2. The summed E-state index contributed by atoms with van der Waals surface area (Å²) in [5.74, 6) is 0. The zero-order valence-electron chi connectivity index (χ0n) is 13.7. The van der Waals surface area contributed by atoms with Crippen molar-refractivity contribution in [3.8, 4) is 0 Å². The molecule has 2 N–H and O–H groups in total. The van der Waals surface area contributed by atoms with Crippen molar-refractivity contribution in [2.24, 2.45) is 0 Å². The first-order chi connectivity index (χ1) is 11.1. The van der Waals surface area contributed by atoms with Gasteiger partial charge < -0.3 is 15.1 Å². The second-order valence-electron chi connectivity index (χ2n) is 5.98. The molecule has 2 heterocycles. The van der Waals surface area contributed by atoms with Crippen molar-refractivity contribution in [1.82, 2.24) is 4.90 Å². The molecular weight excluding hydrogens is 304 g/mol. The number of H-pyrrole nitrogens is 1. The number of aromatic amines is 1. The minimum Gasteiger partial charge on any atom is -0.368 e. The first-order valence-corrected chi connectivity index (χ1v) is 8.38. The van der Waals surface area contributed by atoms with Crippen LogP contribution in [0.1, 0.15) is 11.1 Å². The fourth-order valence-electron chi connectivity index (χ4n) is 2.82. The van der Waals surface area contributed by atoms with Crippen molar-refractivity contribution in [1.29, 1.82) is 0 Å². The molecule has 5 heteroatoms. The standard InChI is InChI=1S/C18H22N4S/c1-14-3-4-15(2)17(13-14)20-18(23)22-11-9-21(10-12-22)16-5-7-19-8-6-16/h3-8,13H,9-12H2,1-2H3,(H,20,23)/p+1. The highest BCUT2D eigenvalue weighted by Gasteiger charge is 2.19. The van der Waals surface area contributed by atoms with E-state index < -0.39 is 0 Å². The van der Waals surface area contributed by atoms with Gasteiger partial charge in [0.1, 0.15) is 0 Å². The minimum atomic E-state index is 0.819. The summed E-state index contributed by atoms with van der Waals surface area (Å²) in [6, 6.07) is 10.6. The maximum Gasteiger partial charge on any atom is 0.173 e. The van der Waals surface area contributed by atoms with Crippen LogP contribution in [0.4, 0.5) is 11.4 Å². The van der Waals surface area contributed by atoms with E-state index in [9.17, 15) is 0 Å². The van der Waals surface area contributed by atoms with Gasteiger partial charge in [0.2, 0.25) is 0 Å². The fraction of sp³-hybridized carbons (Fsp3) is 0.333. The first kappa shape index (κ1) is 15.7. The van der Waals surface area contributed by atoms with Crippen LogP contribution in [-0.2, 0) is 0 Å². The van der Waals surface area contributed by atoms with Gasteiger partial charge in [0.15, 0.2) is 17.5 Å². The third-order valence-corrected chi connectivity index (χ3v) is 4.63. The molecule has 0 saturated carbocycles. The average Bonchev–Trinajstić information content (AvgIpc) is 2.59. The molecule has 0 atom stereocenters. The summed E-state index contributed by atoms with van der Waals surface area (Å²) >= 11 is 5.61. The Morgan fingerprint density at radius 3 is 2.43 bits per heavy atom. The monoisotopic (exact) mass is 327 g/mol. The van der Waals surface area contributed by atoms with Gasteiger partial charge >= 0.3 is 0 Å². The van der Waals surface area contributed by atoms with Crippen molar-refractivity contribution in [2.45, 2.75) is 13.8 Å². The summed E-state index contributed by atoms with van der Waals surface area (Å²) in [5.41, 5.74) is 4.83. The van der Waals surface area contributed by atoms with E-state index in [1.807, 2.05) is 12.4 Å². The predicted molar refractivity (Wildman–Crippen MR) is 98.9 cm³/mol. The largest absolute Gasteiger partial charge is 0.368 e. The SMILES string of the molecule is Cc1ccc(C)c(NC(=S)N2CCN(c3cc[nH+]cc3)CC2)c1. The van der Waals surface area contributed by atoms with Gasteiger partial charge in [-0.2, -0.15) is 0 Å². The van der Waals surface area contributed by atoms with Crippen LogP contribution >= 0.6 is 12.2 Å². The van der Waals surface area contributed by atoms with Crippen LogP contribution < -0.4 is 15.2 Å².